The third-order valence-corrected chi connectivity index (χ3v) is 8.01. The van der Waals surface area contributed by atoms with E-state index in [4.69, 9.17) is 4.74 Å². The van der Waals surface area contributed by atoms with Crippen LogP contribution < -0.4 is 27.0 Å². The third kappa shape index (κ3) is 11.6. The second kappa shape index (κ2) is 19.6. The molecule has 0 aliphatic rings. The van der Waals surface area contributed by atoms with Gasteiger partial charge in [-0.05, 0) is 43.2 Å². The van der Waals surface area contributed by atoms with Gasteiger partial charge >= 0.3 is 0 Å². The largest absolute Gasteiger partial charge is 1.00 e. The maximum Gasteiger partial charge on any atom is 0.271 e. The Bertz CT molecular complexity index is 1140. The molecule has 0 bridgehead atoms. The van der Waals surface area contributed by atoms with Gasteiger partial charge in [0.1, 0.15) is 6.54 Å². The number of halogens is 2. The van der Waals surface area contributed by atoms with Gasteiger partial charge in [0.05, 0.1) is 29.7 Å². The summed E-state index contributed by atoms with van der Waals surface area (Å²) < 4.78 is 22.5. The van der Waals surface area contributed by atoms with Crippen molar-refractivity contribution in [2.75, 3.05) is 11.9 Å². The molecule has 7 heteroatoms. The van der Waals surface area contributed by atoms with E-state index in [9.17, 15) is 9.18 Å². The van der Waals surface area contributed by atoms with Crippen LogP contribution in [0.25, 0.3) is 10.6 Å². The van der Waals surface area contributed by atoms with Crippen molar-refractivity contribution in [3.05, 3.63) is 65.4 Å². The molecule has 1 heterocycles. The van der Waals surface area contributed by atoms with Crippen LogP contribution >= 0.6 is 11.3 Å². The summed E-state index contributed by atoms with van der Waals surface area (Å²) in [6.45, 7) is 5.73. The van der Waals surface area contributed by atoms with Crippen molar-refractivity contribution in [1.29, 1.82) is 0 Å². The number of hydrogen-bond donors (Lipinski definition) is 1. The summed E-state index contributed by atoms with van der Waals surface area (Å²) in [6, 6.07) is 12.6. The molecule has 2 aromatic carbocycles. The van der Waals surface area contributed by atoms with Gasteiger partial charge in [-0.3, -0.25) is 4.79 Å². The fourth-order valence-electron chi connectivity index (χ4n) is 4.83. The topological polar surface area (TPSA) is 42.2 Å². The highest BCUT2D eigenvalue weighted by Gasteiger charge is 2.18. The van der Waals surface area contributed by atoms with Crippen LogP contribution in [0.1, 0.15) is 96.5 Å². The van der Waals surface area contributed by atoms with Crippen LogP contribution in [0.15, 0.2) is 54.0 Å². The molecule has 4 nitrogen and oxygen atoms in total. The zero-order chi connectivity index (χ0) is 27.7. The van der Waals surface area contributed by atoms with E-state index in [2.05, 4.69) is 23.7 Å². The van der Waals surface area contributed by atoms with Gasteiger partial charge in [0, 0.05) is 0 Å². The number of para-hydroxylation sites is 1. The normalized spacial score (nSPS) is 10.8. The quantitative estimate of drug-likeness (QED) is 0.135. The smallest absolute Gasteiger partial charge is 0.271 e. The summed E-state index contributed by atoms with van der Waals surface area (Å²) in [5, 5.41) is 6.15. The van der Waals surface area contributed by atoms with Crippen molar-refractivity contribution in [3.63, 3.8) is 0 Å². The first-order valence-electron chi connectivity index (χ1n) is 14.9. The van der Waals surface area contributed by atoms with E-state index >= 15 is 0 Å². The minimum atomic E-state index is -0.415. The molecule has 0 aliphatic heterocycles. The van der Waals surface area contributed by atoms with Gasteiger partial charge in [0.25, 0.3) is 5.01 Å². The Hall–Kier alpha value is -2.44. The Kier molecular flexibility index (Phi) is 16.5. The molecule has 0 saturated heterocycles. The van der Waals surface area contributed by atoms with Gasteiger partial charge < -0.3 is 22.5 Å². The predicted molar refractivity (Wildman–Crippen MR) is 161 cm³/mol. The van der Waals surface area contributed by atoms with Crippen LogP contribution in [0, 0.1) is 5.82 Å². The van der Waals surface area contributed by atoms with Gasteiger partial charge in [-0.25, -0.2) is 4.39 Å². The van der Waals surface area contributed by atoms with Crippen LogP contribution in [-0.4, -0.2) is 12.5 Å². The first-order valence-corrected chi connectivity index (χ1v) is 15.8. The van der Waals surface area contributed by atoms with Gasteiger partial charge in [-0.1, -0.05) is 107 Å². The Morgan fingerprint density at radius 3 is 2.20 bits per heavy atom. The minimum Gasteiger partial charge on any atom is -1.00 e. The maximum atomic E-state index is 14.6. The number of hydrogen-bond acceptors (Lipinski definition) is 3. The number of thiazole rings is 1. The average molecular weight is 589 g/mol. The molecule has 0 fully saturated rings. The van der Waals surface area contributed by atoms with Gasteiger partial charge in [0.2, 0.25) is 5.91 Å². The lowest BCUT2D eigenvalue weighted by Gasteiger charge is -2.11. The molecule has 1 N–H and O–H groups in total. The molecule has 0 atom stereocenters. The van der Waals surface area contributed by atoms with Crippen molar-refractivity contribution in [2.45, 2.75) is 104 Å². The second-order valence-electron chi connectivity index (χ2n) is 10.3. The number of aromatic nitrogens is 1. The summed E-state index contributed by atoms with van der Waals surface area (Å²) in [7, 11) is 0. The van der Waals surface area contributed by atoms with Gasteiger partial charge in [0.15, 0.2) is 17.8 Å². The lowest BCUT2D eigenvalue weighted by atomic mass is 10.1. The molecule has 0 aliphatic carbocycles. The summed E-state index contributed by atoms with van der Waals surface area (Å²) in [5.41, 5.74) is 2.37. The Morgan fingerprint density at radius 2 is 1.55 bits per heavy atom. The number of carbonyl (C=O) groups is 1. The average Bonchev–Trinajstić information content (AvgIpc) is 3.41. The number of rotatable bonds is 19. The van der Waals surface area contributed by atoms with E-state index in [-0.39, 0.29) is 30.5 Å². The highest BCUT2D eigenvalue weighted by atomic mass is 35.5. The van der Waals surface area contributed by atoms with Crippen molar-refractivity contribution in [1.82, 2.24) is 0 Å². The molecule has 0 saturated carbocycles. The molecular formula is C33H46ClFN2O2S. The Balaban J connectivity index is 0.00000560. The SMILES string of the molecule is CCCCCCCCCCCCCCOc1ccc(CC(=O)Nc2ccccc2-c2scc[n+]2CC)cc1F.[Cl-]. The number of carbonyl (C=O) groups excluding carboxylic acids is 1. The number of ether oxygens (including phenoxy) is 1. The number of aryl methyl sites for hydroxylation is 1. The predicted octanol–water partition coefficient (Wildman–Crippen LogP) is 6.13. The van der Waals surface area contributed by atoms with E-state index in [0.29, 0.717) is 12.2 Å². The molecule has 0 spiro atoms. The third-order valence-electron chi connectivity index (χ3n) is 7.07. The minimum absolute atomic E-state index is 0. The van der Waals surface area contributed by atoms with Gasteiger partial charge in [-0.2, -0.15) is 4.57 Å². The number of nitrogens with zero attached hydrogens (tertiary/aromatic N) is 1. The summed E-state index contributed by atoms with van der Waals surface area (Å²) in [4.78, 5) is 12.8. The monoisotopic (exact) mass is 588 g/mol. The molecule has 1 aromatic heterocycles. The standard InChI is InChI=1S/C33H45FN2O2S.ClH/c1-3-5-6-7-8-9-10-11-12-13-14-17-23-38-31-21-20-27(25-29(31)34)26-32(37)35-30-19-16-15-18-28(30)33-36(4-2)22-24-39-33;/h15-16,18-22,24-25H,3-14,17,23,26H2,1-2H3;1H. The summed E-state index contributed by atoms with van der Waals surface area (Å²) >= 11 is 1.64. The van der Waals surface area contributed by atoms with Crippen molar-refractivity contribution in [2.24, 2.45) is 0 Å². The van der Waals surface area contributed by atoms with Crippen LogP contribution in [0.2, 0.25) is 0 Å². The van der Waals surface area contributed by atoms with Crippen LogP contribution in [0.5, 0.6) is 5.75 Å². The maximum absolute atomic E-state index is 14.6. The van der Waals surface area contributed by atoms with E-state index in [1.165, 1.54) is 70.3 Å². The van der Waals surface area contributed by atoms with Crippen molar-refractivity contribution in [3.8, 4) is 16.3 Å². The lowest BCUT2D eigenvalue weighted by molar-refractivity contribution is -0.678. The Morgan fingerprint density at radius 1 is 0.900 bits per heavy atom. The number of benzene rings is 2. The zero-order valence-corrected chi connectivity index (χ0v) is 25.8. The van der Waals surface area contributed by atoms with E-state index < -0.39 is 5.82 Å². The summed E-state index contributed by atoms with van der Waals surface area (Å²) in [5.74, 6) is -0.330. The number of anilines is 1. The molecule has 1 amide bonds. The number of amides is 1. The van der Waals surface area contributed by atoms with E-state index in [0.717, 1.165) is 35.6 Å². The molecule has 0 unspecified atom stereocenters. The second-order valence-corrected chi connectivity index (χ2v) is 11.2. The molecule has 40 heavy (non-hydrogen) atoms. The number of nitrogens with one attached hydrogen (secondary N) is 1. The molecular weight excluding hydrogens is 543 g/mol. The molecule has 0 radical (unpaired) electrons. The first kappa shape index (κ1) is 33.8. The highest BCUT2D eigenvalue weighted by molar-refractivity contribution is 7.12. The number of unbranched alkanes of at least 4 members (excludes halogenated alkanes) is 11. The van der Waals surface area contributed by atoms with Crippen LogP contribution in [0.4, 0.5) is 10.1 Å². The molecule has 3 aromatic rings. The van der Waals surface area contributed by atoms with Crippen LogP contribution in [-0.2, 0) is 17.8 Å². The van der Waals surface area contributed by atoms with Crippen LogP contribution in [0.3, 0.4) is 0 Å². The zero-order valence-electron chi connectivity index (χ0n) is 24.2. The lowest BCUT2D eigenvalue weighted by Crippen LogP contribution is -3.00. The van der Waals surface area contributed by atoms with E-state index in [1.54, 1.807) is 23.5 Å². The molecule has 220 valence electrons. The van der Waals surface area contributed by atoms with Crippen molar-refractivity contribution >= 4 is 22.9 Å². The van der Waals surface area contributed by atoms with Gasteiger partial charge in [-0.15, -0.1) is 0 Å². The fourth-order valence-corrected chi connectivity index (χ4v) is 5.79. The molecule has 3 rings (SSSR count). The first-order chi connectivity index (χ1) is 19.1. The van der Waals surface area contributed by atoms with E-state index in [1.807, 2.05) is 35.8 Å². The Labute approximate surface area is 250 Å². The summed E-state index contributed by atoms with van der Waals surface area (Å²) in [6.07, 6.45) is 17.5. The fraction of sp³-hybridized carbons (Fsp3) is 0.515. The van der Waals surface area contributed by atoms with Crippen molar-refractivity contribution < 1.29 is 30.9 Å². The highest BCUT2D eigenvalue weighted by Crippen LogP contribution is 2.29.